The zero-order valence-corrected chi connectivity index (χ0v) is 10.3. The molecule has 0 saturated carbocycles. The fourth-order valence-corrected chi connectivity index (χ4v) is 1.52. The van der Waals surface area contributed by atoms with Gasteiger partial charge in [0.15, 0.2) is 11.6 Å². The highest BCUT2D eigenvalue weighted by atomic mass is 19.1. The summed E-state index contributed by atoms with van der Waals surface area (Å²) in [5, 5.41) is 18.9. The Hall–Kier alpha value is -1.76. The molecule has 7 heteroatoms. The van der Waals surface area contributed by atoms with Crippen molar-refractivity contribution in [3.05, 3.63) is 33.9 Å². The number of unbranched alkanes of at least 4 members (excludes halogenated alkanes) is 3. The molecule has 19 heavy (non-hydrogen) atoms. The highest BCUT2D eigenvalue weighted by molar-refractivity contribution is 5.39. The first-order chi connectivity index (χ1) is 9.06. The van der Waals surface area contributed by atoms with Crippen molar-refractivity contribution < 1.29 is 23.5 Å². The SMILES string of the molecule is O=[N+]([O-])c1cc(F)c(OCCCCCCO)cc1F. The van der Waals surface area contributed by atoms with Crippen molar-refractivity contribution in [2.24, 2.45) is 0 Å². The molecule has 0 aliphatic rings. The average Bonchev–Trinajstić information content (AvgIpc) is 2.36. The van der Waals surface area contributed by atoms with E-state index in [0.29, 0.717) is 25.0 Å². The highest BCUT2D eigenvalue weighted by Crippen LogP contribution is 2.26. The lowest BCUT2D eigenvalue weighted by molar-refractivity contribution is -0.387. The topological polar surface area (TPSA) is 72.6 Å². The van der Waals surface area contributed by atoms with Crippen LogP contribution in [-0.2, 0) is 0 Å². The molecule has 0 radical (unpaired) electrons. The lowest BCUT2D eigenvalue weighted by Crippen LogP contribution is -2.02. The summed E-state index contributed by atoms with van der Waals surface area (Å²) >= 11 is 0. The van der Waals surface area contributed by atoms with Gasteiger partial charge in [0, 0.05) is 12.7 Å². The molecule has 0 aliphatic heterocycles. The molecule has 1 aromatic carbocycles. The van der Waals surface area contributed by atoms with E-state index in [9.17, 15) is 18.9 Å². The molecule has 0 aliphatic carbocycles. The fourth-order valence-electron chi connectivity index (χ4n) is 1.52. The Morgan fingerprint density at radius 2 is 1.84 bits per heavy atom. The minimum Gasteiger partial charge on any atom is -0.490 e. The maximum Gasteiger partial charge on any atom is 0.307 e. The van der Waals surface area contributed by atoms with Crippen molar-refractivity contribution >= 4 is 5.69 Å². The van der Waals surface area contributed by atoms with Crippen LogP contribution in [0.25, 0.3) is 0 Å². The number of ether oxygens (including phenoxy) is 1. The van der Waals surface area contributed by atoms with Gasteiger partial charge in [-0.25, -0.2) is 4.39 Å². The Morgan fingerprint density at radius 3 is 2.47 bits per heavy atom. The number of nitrogens with zero attached hydrogens (tertiary/aromatic N) is 1. The van der Waals surface area contributed by atoms with E-state index in [1.807, 2.05) is 0 Å². The van der Waals surface area contributed by atoms with Gasteiger partial charge in [-0.05, 0) is 19.3 Å². The molecule has 0 bridgehead atoms. The summed E-state index contributed by atoms with van der Waals surface area (Å²) in [7, 11) is 0. The summed E-state index contributed by atoms with van der Waals surface area (Å²) in [6, 6.07) is 1.19. The van der Waals surface area contributed by atoms with E-state index in [-0.39, 0.29) is 19.0 Å². The van der Waals surface area contributed by atoms with E-state index < -0.39 is 22.2 Å². The second kappa shape index (κ2) is 7.63. The van der Waals surface area contributed by atoms with E-state index in [1.165, 1.54) is 0 Å². The van der Waals surface area contributed by atoms with Crippen molar-refractivity contribution in [3.8, 4) is 5.75 Å². The van der Waals surface area contributed by atoms with Crippen molar-refractivity contribution in [3.63, 3.8) is 0 Å². The Morgan fingerprint density at radius 1 is 1.16 bits per heavy atom. The van der Waals surface area contributed by atoms with Crippen molar-refractivity contribution in [2.45, 2.75) is 25.7 Å². The number of aliphatic hydroxyl groups excluding tert-OH is 1. The second-order valence-corrected chi connectivity index (χ2v) is 3.98. The monoisotopic (exact) mass is 275 g/mol. The fraction of sp³-hybridized carbons (Fsp3) is 0.500. The molecule has 1 rings (SSSR count). The van der Waals surface area contributed by atoms with Gasteiger partial charge in [-0.3, -0.25) is 10.1 Å². The molecule has 106 valence electrons. The van der Waals surface area contributed by atoms with Crippen molar-refractivity contribution in [2.75, 3.05) is 13.2 Å². The zero-order valence-electron chi connectivity index (χ0n) is 10.3. The molecule has 0 amide bonds. The lowest BCUT2D eigenvalue weighted by atomic mass is 10.2. The van der Waals surface area contributed by atoms with E-state index in [0.717, 1.165) is 12.8 Å². The van der Waals surface area contributed by atoms with Gasteiger partial charge in [0.05, 0.1) is 17.6 Å². The van der Waals surface area contributed by atoms with E-state index >= 15 is 0 Å². The molecule has 0 atom stereocenters. The van der Waals surface area contributed by atoms with Gasteiger partial charge in [-0.15, -0.1) is 0 Å². The first-order valence-corrected chi connectivity index (χ1v) is 5.93. The molecule has 1 aromatic rings. The van der Waals surface area contributed by atoms with Gasteiger partial charge in [-0.1, -0.05) is 6.42 Å². The Bertz CT molecular complexity index is 440. The van der Waals surface area contributed by atoms with Gasteiger partial charge in [0.25, 0.3) is 0 Å². The summed E-state index contributed by atoms with van der Waals surface area (Å²) in [5.74, 6) is -2.41. The summed E-state index contributed by atoms with van der Waals surface area (Å²) < 4.78 is 31.7. The molecule has 0 saturated heterocycles. The standard InChI is InChI=1S/C12H15F2NO4/c13-9-8-12(10(14)7-11(9)15(17)18)19-6-4-2-1-3-5-16/h7-8,16H,1-6H2. The van der Waals surface area contributed by atoms with Crippen LogP contribution in [0.1, 0.15) is 25.7 Å². The van der Waals surface area contributed by atoms with Crippen molar-refractivity contribution in [1.82, 2.24) is 0 Å². The number of nitro groups is 1. The first kappa shape index (κ1) is 15.3. The van der Waals surface area contributed by atoms with Crippen LogP contribution in [0.15, 0.2) is 12.1 Å². The van der Waals surface area contributed by atoms with Crippen LogP contribution in [0, 0.1) is 21.7 Å². The number of hydrogen-bond acceptors (Lipinski definition) is 4. The zero-order chi connectivity index (χ0) is 14.3. The number of aliphatic hydroxyl groups is 1. The van der Waals surface area contributed by atoms with Crippen LogP contribution >= 0.6 is 0 Å². The second-order valence-electron chi connectivity index (χ2n) is 3.98. The van der Waals surface area contributed by atoms with Crippen LogP contribution in [0.4, 0.5) is 14.5 Å². The molecule has 5 nitrogen and oxygen atoms in total. The first-order valence-electron chi connectivity index (χ1n) is 5.93. The Balaban J connectivity index is 2.50. The molecule has 0 aromatic heterocycles. The quantitative estimate of drug-likeness (QED) is 0.450. The Kier molecular flexibility index (Phi) is 6.14. The van der Waals surface area contributed by atoms with Crippen molar-refractivity contribution in [1.29, 1.82) is 0 Å². The minimum atomic E-state index is -1.12. The number of nitro benzene ring substituents is 1. The van der Waals surface area contributed by atoms with Gasteiger partial charge in [0.2, 0.25) is 5.82 Å². The van der Waals surface area contributed by atoms with Crippen LogP contribution in [0.5, 0.6) is 5.75 Å². The maximum absolute atomic E-state index is 13.4. The maximum atomic E-state index is 13.4. The predicted molar refractivity (Wildman–Crippen MR) is 64.1 cm³/mol. The molecule has 0 fully saturated rings. The Labute approximate surface area is 109 Å². The predicted octanol–water partition coefficient (Wildman–Crippen LogP) is 2.80. The normalized spacial score (nSPS) is 10.5. The number of halogens is 2. The molecular weight excluding hydrogens is 260 g/mol. The lowest BCUT2D eigenvalue weighted by Gasteiger charge is -2.07. The number of benzene rings is 1. The molecule has 0 heterocycles. The molecular formula is C12H15F2NO4. The van der Waals surface area contributed by atoms with Gasteiger partial charge >= 0.3 is 5.69 Å². The van der Waals surface area contributed by atoms with Gasteiger partial charge in [-0.2, -0.15) is 4.39 Å². The van der Waals surface area contributed by atoms with E-state index in [4.69, 9.17) is 9.84 Å². The van der Waals surface area contributed by atoms with Crippen LogP contribution in [-0.4, -0.2) is 23.2 Å². The largest absolute Gasteiger partial charge is 0.490 e. The van der Waals surface area contributed by atoms with Crippen LogP contribution in [0.3, 0.4) is 0 Å². The smallest absolute Gasteiger partial charge is 0.307 e. The summed E-state index contributed by atoms with van der Waals surface area (Å²) in [6.07, 6.45) is 2.97. The van der Waals surface area contributed by atoms with E-state index in [2.05, 4.69) is 0 Å². The highest BCUT2D eigenvalue weighted by Gasteiger charge is 2.19. The third-order valence-corrected chi connectivity index (χ3v) is 2.51. The summed E-state index contributed by atoms with van der Waals surface area (Å²) in [4.78, 5) is 9.39. The summed E-state index contributed by atoms with van der Waals surface area (Å²) in [5.41, 5.74) is -0.909. The third kappa shape index (κ3) is 4.78. The van der Waals surface area contributed by atoms with Crippen LogP contribution < -0.4 is 4.74 Å². The van der Waals surface area contributed by atoms with Gasteiger partial charge < -0.3 is 9.84 Å². The average molecular weight is 275 g/mol. The van der Waals surface area contributed by atoms with Gasteiger partial charge in [0.1, 0.15) is 0 Å². The number of hydrogen-bond donors (Lipinski definition) is 1. The minimum absolute atomic E-state index is 0.128. The van der Waals surface area contributed by atoms with Crippen LogP contribution in [0.2, 0.25) is 0 Å². The summed E-state index contributed by atoms with van der Waals surface area (Å²) in [6.45, 7) is 0.322. The molecule has 0 spiro atoms. The van der Waals surface area contributed by atoms with E-state index in [1.54, 1.807) is 0 Å². The molecule has 0 unspecified atom stereocenters. The molecule has 1 N–H and O–H groups in total. The number of rotatable bonds is 8. The third-order valence-electron chi connectivity index (χ3n) is 2.51.